The molecule has 1 aromatic heterocycles. The van der Waals surface area contributed by atoms with Crippen molar-refractivity contribution in [2.45, 2.75) is 70.4 Å². The fourth-order valence-electron chi connectivity index (χ4n) is 5.63. The lowest BCUT2D eigenvalue weighted by molar-refractivity contribution is 0.0908. The number of hydrogen-bond donors (Lipinski definition) is 0. The first-order valence-electron chi connectivity index (χ1n) is 12.0. The predicted molar refractivity (Wildman–Crippen MR) is 116 cm³/mol. The Hall–Kier alpha value is -0.970. The van der Waals surface area contributed by atoms with Crippen LogP contribution in [0.2, 0.25) is 0 Å². The molecule has 28 heavy (non-hydrogen) atoms. The van der Waals surface area contributed by atoms with E-state index in [1.807, 2.05) is 12.3 Å². The lowest BCUT2D eigenvalue weighted by Crippen LogP contribution is -2.46. The molecule has 0 radical (unpaired) electrons. The molecule has 0 bridgehead atoms. The van der Waals surface area contributed by atoms with Gasteiger partial charge in [0.05, 0.1) is 5.69 Å². The van der Waals surface area contributed by atoms with Crippen LogP contribution in [0.1, 0.15) is 63.5 Å². The van der Waals surface area contributed by atoms with Crippen LogP contribution in [-0.4, -0.2) is 71.5 Å². The van der Waals surface area contributed by atoms with E-state index in [1.54, 1.807) is 0 Å². The first kappa shape index (κ1) is 20.3. The molecule has 1 aliphatic carbocycles. The summed E-state index contributed by atoms with van der Waals surface area (Å²) >= 11 is 0. The topological polar surface area (TPSA) is 22.6 Å². The second-order valence-corrected chi connectivity index (χ2v) is 9.40. The van der Waals surface area contributed by atoms with E-state index < -0.39 is 0 Å². The van der Waals surface area contributed by atoms with Gasteiger partial charge in [0.25, 0.3) is 0 Å². The van der Waals surface area contributed by atoms with Crippen LogP contribution >= 0.6 is 0 Å². The van der Waals surface area contributed by atoms with Gasteiger partial charge in [0.2, 0.25) is 0 Å². The summed E-state index contributed by atoms with van der Waals surface area (Å²) in [4.78, 5) is 12.8. The highest BCUT2D eigenvalue weighted by Crippen LogP contribution is 2.28. The lowest BCUT2D eigenvalue weighted by atomic mass is 9.95. The Labute approximate surface area is 172 Å². The van der Waals surface area contributed by atoms with Gasteiger partial charge in [-0.25, -0.2) is 0 Å². The number of aromatic nitrogens is 1. The normalized spacial score (nSPS) is 25.5. The fraction of sp³-hybridized carbons (Fsp3) is 0.792. The third kappa shape index (κ3) is 6.01. The quantitative estimate of drug-likeness (QED) is 0.675. The molecule has 0 amide bonds. The van der Waals surface area contributed by atoms with E-state index in [0.29, 0.717) is 0 Å². The Kier molecular flexibility index (Phi) is 7.76. The maximum Gasteiger partial charge on any atom is 0.0543 e. The summed E-state index contributed by atoms with van der Waals surface area (Å²) in [7, 11) is 0. The van der Waals surface area contributed by atoms with E-state index in [9.17, 15) is 0 Å². The first-order chi connectivity index (χ1) is 13.9. The molecular weight excluding hydrogens is 344 g/mol. The number of pyridine rings is 1. The molecule has 2 saturated heterocycles. The summed E-state index contributed by atoms with van der Waals surface area (Å²) in [5.74, 6) is 0.833. The van der Waals surface area contributed by atoms with Gasteiger partial charge in [-0.15, -0.1) is 0 Å². The van der Waals surface area contributed by atoms with E-state index in [-0.39, 0.29) is 0 Å². The van der Waals surface area contributed by atoms with Gasteiger partial charge in [0.1, 0.15) is 0 Å². The maximum absolute atomic E-state index is 4.62. The molecule has 2 aliphatic heterocycles. The predicted octanol–water partition coefficient (Wildman–Crippen LogP) is 4.02. The number of piperidine rings is 2. The molecule has 0 aromatic carbocycles. The van der Waals surface area contributed by atoms with Crippen molar-refractivity contribution >= 4 is 0 Å². The van der Waals surface area contributed by atoms with Gasteiger partial charge in [-0.05, 0) is 76.2 Å². The first-order valence-corrected chi connectivity index (χ1v) is 12.0. The third-order valence-corrected chi connectivity index (χ3v) is 7.20. The molecule has 4 rings (SSSR count). The monoisotopic (exact) mass is 384 g/mol. The van der Waals surface area contributed by atoms with Crippen LogP contribution in [0, 0.1) is 5.92 Å². The Balaban J connectivity index is 1.33. The van der Waals surface area contributed by atoms with Crippen molar-refractivity contribution in [3.05, 3.63) is 30.1 Å². The van der Waals surface area contributed by atoms with Crippen LogP contribution in [0.4, 0.5) is 0 Å². The molecule has 156 valence electrons. The third-order valence-electron chi connectivity index (χ3n) is 7.20. The molecule has 1 aromatic rings. The van der Waals surface area contributed by atoms with Gasteiger partial charge in [-0.1, -0.05) is 25.3 Å². The minimum absolute atomic E-state index is 0.833. The Morgan fingerprint density at radius 1 is 0.929 bits per heavy atom. The van der Waals surface area contributed by atoms with Crippen molar-refractivity contribution in [1.82, 2.24) is 19.7 Å². The molecule has 0 unspecified atom stereocenters. The van der Waals surface area contributed by atoms with Crippen LogP contribution in [0.5, 0.6) is 0 Å². The van der Waals surface area contributed by atoms with Gasteiger partial charge in [0, 0.05) is 45.0 Å². The van der Waals surface area contributed by atoms with Crippen molar-refractivity contribution in [2.24, 2.45) is 5.92 Å². The van der Waals surface area contributed by atoms with E-state index in [0.717, 1.165) is 18.5 Å². The molecule has 3 aliphatic rings. The van der Waals surface area contributed by atoms with Gasteiger partial charge < -0.3 is 9.80 Å². The van der Waals surface area contributed by atoms with Gasteiger partial charge in [-0.3, -0.25) is 9.88 Å². The zero-order valence-corrected chi connectivity index (χ0v) is 17.8. The van der Waals surface area contributed by atoms with E-state index in [4.69, 9.17) is 0 Å². The van der Waals surface area contributed by atoms with Crippen molar-refractivity contribution in [2.75, 3.05) is 45.8 Å². The number of nitrogens with zero attached hydrogens (tertiary/aromatic N) is 4. The summed E-state index contributed by atoms with van der Waals surface area (Å²) in [6.45, 7) is 9.94. The molecular formula is C24H40N4. The highest BCUT2D eigenvalue weighted by atomic mass is 15.2. The minimum Gasteiger partial charge on any atom is -0.302 e. The molecule has 3 fully saturated rings. The SMILES string of the molecule is c1ccc(CN(CCN2CCCCC2)C[C@H]2CCCN(C3CCCC3)C2)nc1. The van der Waals surface area contributed by atoms with Crippen LogP contribution in [0.25, 0.3) is 0 Å². The van der Waals surface area contributed by atoms with E-state index >= 15 is 0 Å². The zero-order valence-electron chi connectivity index (χ0n) is 17.8. The highest BCUT2D eigenvalue weighted by Gasteiger charge is 2.28. The smallest absolute Gasteiger partial charge is 0.0543 e. The summed E-state index contributed by atoms with van der Waals surface area (Å²) in [6.07, 6.45) is 14.7. The van der Waals surface area contributed by atoms with E-state index in [1.165, 1.54) is 109 Å². The Morgan fingerprint density at radius 3 is 2.57 bits per heavy atom. The second-order valence-electron chi connectivity index (χ2n) is 9.40. The van der Waals surface area contributed by atoms with Crippen molar-refractivity contribution in [3.8, 4) is 0 Å². The van der Waals surface area contributed by atoms with Crippen molar-refractivity contribution in [1.29, 1.82) is 0 Å². The Morgan fingerprint density at radius 2 is 1.79 bits per heavy atom. The number of hydrogen-bond acceptors (Lipinski definition) is 4. The van der Waals surface area contributed by atoms with Crippen LogP contribution in [-0.2, 0) is 6.54 Å². The molecule has 0 N–H and O–H groups in total. The molecule has 3 heterocycles. The van der Waals surface area contributed by atoms with Crippen LogP contribution in [0.15, 0.2) is 24.4 Å². The Bertz CT molecular complexity index is 551. The molecule has 1 atom stereocenters. The van der Waals surface area contributed by atoms with Crippen LogP contribution in [0.3, 0.4) is 0 Å². The summed E-state index contributed by atoms with van der Waals surface area (Å²) < 4.78 is 0. The summed E-state index contributed by atoms with van der Waals surface area (Å²) in [5, 5.41) is 0. The standard InChI is InChI=1S/C24H40N4/c1-6-14-26(15-7-1)17-18-27(21-23-10-4-5-13-25-23)19-22-9-8-16-28(20-22)24-11-2-3-12-24/h4-5,10,13,22,24H,1-3,6-9,11-12,14-21H2/t22-/m1/s1. The van der Waals surface area contributed by atoms with Crippen molar-refractivity contribution in [3.63, 3.8) is 0 Å². The average Bonchev–Trinajstić information content (AvgIpc) is 3.29. The average molecular weight is 385 g/mol. The number of rotatable bonds is 8. The maximum atomic E-state index is 4.62. The molecule has 0 spiro atoms. The molecule has 4 heteroatoms. The van der Waals surface area contributed by atoms with Gasteiger partial charge in [0.15, 0.2) is 0 Å². The van der Waals surface area contributed by atoms with Crippen molar-refractivity contribution < 1.29 is 0 Å². The summed E-state index contributed by atoms with van der Waals surface area (Å²) in [5.41, 5.74) is 1.23. The van der Waals surface area contributed by atoms with Crippen LogP contribution < -0.4 is 0 Å². The number of likely N-dealkylation sites (tertiary alicyclic amines) is 2. The van der Waals surface area contributed by atoms with Gasteiger partial charge in [-0.2, -0.15) is 0 Å². The second kappa shape index (κ2) is 10.7. The van der Waals surface area contributed by atoms with Gasteiger partial charge >= 0.3 is 0 Å². The molecule has 4 nitrogen and oxygen atoms in total. The highest BCUT2D eigenvalue weighted by molar-refractivity contribution is 5.03. The van der Waals surface area contributed by atoms with E-state index in [2.05, 4.69) is 31.8 Å². The zero-order chi connectivity index (χ0) is 19.0. The lowest BCUT2D eigenvalue weighted by Gasteiger charge is -2.39. The molecule has 1 saturated carbocycles. The largest absolute Gasteiger partial charge is 0.302 e. The fourth-order valence-corrected chi connectivity index (χ4v) is 5.63. The summed E-state index contributed by atoms with van der Waals surface area (Å²) in [6, 6.07) is 7.25. The minimum atomic E-state index is 0.833.